The summed E-state index contributed by atoms with van der Waals surface area (Å²) < 4.78 is 17.2. The minimum Gasteiger partial charge on any atom is -0.399 e. The minimum absolute atomic E-state index is 0.0364. The number of likely N-dealkylation sites (tertiary alicyclic amines) is 1. The predicted octanol–water partition coefficient (Wildman–Crippen LogP) is 2.11. The highest BCUT2D eigenvalue weighted by molar-refractivity contribution is 6.65. The molecule has 0 bridgehead atoms. The van der Waals surface area contributed by atoms with Gasteiger partial charge in [0.25, 0.3) is 5.91 Å². The molecule has 0 radical (unpaired) electrons. The summed E-state index contributed by atoms with van der Waals surface area (Å²) >= 11 is 6.41. The molecule has 1 aromatic rings. The molecule has 0 N–H and O–H groups in total. The van der Waals surface area contributed by atoms with E-state index in [-0.39, 0.29) is 12.0 Å². The van der Waals surface area contributed by atoms with Crippen LogP contribution >= 0.6 is 11.6 Å². The van der Waals surface area contributed by atoms with Crippen LogP contribution in [0.3, 0.4) is 0 Å². The molecule has 2 heterocycles. The lowest BCUT2D eigenvalue weighted by Gasteiger charge is -2.38. The normalized spacial score (nSPS) is 22.6. The molecule has 130 valence electrons. The first-order valence-electron chi connectivity index (χ1n) is 8.12. The Morgan fingerprint density at radius 3 is 2.33 bits per heavy atom. The van der Waals surface area contributed by atoms with Gasteiger partial charge < -0.3 is 18.9 Å². The van der Waals surface area contributed by atoms with Crippen LogP contribution < -0.4 is 5.46 Å². The van der Waals surface area contributed by atoms with Crippen molar-refractivity contribution in [3.05, 3.63) is 28.8 Å². The molecule has 0 aromatic heterocycles. The fourth-order valence-electron chi connectivity index (χ4n) is 2.76. The third-order valence-corrected chi connectivity index (χ3v) is 5.55. The number of hydrogen-bond acceptors (Lipinski definition) is 4. The Balaban J connectivity index is 1.75. The van der Waals surface area contributed by atoms with Gasteiger partial charge in [-0.25, -0.2) is 0 Å². The molecule has 1 aromatic carbocycles. The molecule has 0 unspecified atom stereocenters. The van der Waals surface area contributed by atoms with Gasteiger partial charge in [0.15, 0.2) is 0 Å². The minimum atomic E-state index is -0.534. The smallest absolute Gasteiger partial charge is 0.399 e. The van der Waals surface area contributed by atoms with Gasteiger partial charge in [-0.2, -0.15) is 0 Å². The first-order valence-corrected chi connectivity index (χ1v) is 8.49. The molecule has 0 spiro atoms. The number of carbonyl (C=O) groups is 1. The van der Waals surface area contributed by atoms with Gasteiger partial charge in [0.2, 0.25) is 0 Å². The molecule has 24 heavy (non-hydrogen) atoms. The van der Waals surface area contributed by atoms with Crippen molar-refractivity contribution in [3.8, 4) is 0 Å². The number of methoxy groups -OCH3 is 1. The van der Waals surface area contributed by atoms with Crippen molar-refractivity contribution in [3.63, 3.8) is 0 Å². The van der Waals surface area contributed by atoms with Gasteiger partial charge in [-0.3, -0.25) is 4.79 Å². The molecular formula is C17H23BClNO4. The van der Waals surface area contributed by atoms with E-state index in [0.29, 0.717) is 23.7 Å². The molecule has 7 heteroatoms. The number of carbonyl (C=O) groups excluding carboxylic acids is 1. The number of nitrogens with zero attached hydrogens (tertiary/aromatic N) is 1. The zero-order valence-electron chi connectivity index (χ0n) is 14.8. The van der Waals surface area contributed by atoms with Crippen LogP contribution in [0.4, 0.5) is 0 Å². The van der Waals surface area contributed by atoms with Crippen LogP contribution in [-0.2, 0) is 14.0 Å². The Morgan fingerprint density at radius 2 is 1.83 bits per heavy atom. The summed E-state index contributed by atoms with van der Waals surface area (Å²) in [5, 5.41) is 0.475. The number of halogens is 1. The van der Waals surface area contributed by atoms with E-state index in [1.54, 1.807) is 24.1 Å². The largest absolute Gasteiger partial charge is 0.496 e. The number of benzene rings is 1. The summed E-state index contributed by atoms with van der Waals surface area (Å²) in [7, 11) is 1.12. The highest BCUT2D eigenvalue weighted by Gasteiger charge is 2.52. The summed E-state index contributed by atoms with van der Waals surface area (Å²) in [4.78, 5) is 14.2. The van der Waals surface area contributed by atoms with Crippen LogP contribution in [0, 0.1) is 0 Å². The van der Waals surface area contributed by atoms with Crippen LogP contribution in [0.2, 0.25) is 5.02 Å². The Labute approximate surface area is 148 Å². The Kier molecular flexibility index (Phi) is 4.45. The summed E-state index contributed by atoms with van der Waals surface area (Å²) in [5.74, 6) is -0.0364. The molecular weight excluding hydrogens is 328 g/mol. The highest BCUT2D eigenvalue weighted by Crippen LogP contribution is 2.37. The maximum absolute atomic E-state index is 12.4. The van der Waals surface area contributed by atoms with Crippen LogP contribution in [-0.4, -0.2) is 55.4 Å². The van der Waals surface area contributed by atoms with E-state index in [0.717, 1.165) is 5.46 Å². The van der Waals surface area contributed by atoms with Gasteiger partial charge in [0, 0.05) is 36.2 Å². The monoisotopic (exact) mass is 351 g/mol. The van der Waals surface area contributed by atoms with Crippen molar-refractivity contribution in [2.45, 2.75) is 45.0 Å². The predicted molar refractivity (Wildman–Crippen MR) is 93.9 cm³/mol. The Hall–Kier alpha value is -1.08. The summed E-state index contributed by atoms with van der Waals surface area (Å²) in [5.41, 5.74) is 0.449. The third-order valence-electron chi connectivity index (χ3n) is 5.22. The summed E-state index contributed by atoms with van der Waals surface area (Å²) in [6.45, 7) is 9.21. The second kappa shape index (κ2) is 6.02. The van der Waals surface area contributed by atoms with E-state index in [9.17, 15) is 4.79 Å². The SMILES string of the molecule is COC1CN(C(=O)c2ccc(B3OC(C)(C)C(C)(C)O3)c(Cl)c2)C1. The highest BCUT2D eigenvalue weighted by atomic mass is 35.5. The molecule has 0 saturated carbocycles. The molecule has 0 atom stereocenters. The maximum atomic E-state index is 12.4. The van der Waals surface area contributed by atoms with Gasteiger partial charge >= 0.3 is 7.12 Å². The lowest BCUT2D eigenvalue weighted by molar-refractivity contribution is -0.0191. The zero-order valence-corrected chi connectivity index (χ0v) is 15.5. The first-order chi connectivity index (χ1) is 11.1. The Bertz CT molecular complexity index is 642. The molecule has 2 saturated heterocycles. The Morgan fingerprint density at radius 1 is 1.25 bits per heavy atom. The average molecular weight is 352 g/mol. The zero-order chi connectivity index (χ0) is 17.7. The first kappa shape index (κ1) is 17.7. The molecule has 5 nitrogen and oxygen atoms in total. The number of hydrogen-bond donors (Lipinski definition) is 0. The molecule has 3 rings (SSSR count). The van der Waals surface area contributed by atoms with Gasteiger partial charge in [-0.15, -0.1) is 0 Å². The number of ether oxygens (including phenoxy) is 1. The summed E-state index contributed by atoms with van der Waals surface area (Å²) in [6.07, 6.45) is 0.133. The fourth-order valence-corrected chi connectivity index (χ4v) is 3.03. The second-order valence-electron chi connectivity index (χ2n) is 7.39. The van der Waals surface area contributed by atoms with Crippen molar-refractivity contribution in [1.29, 1.82) is 0 Å². The van der Waals surface area contributed by atoms with E-state index in [1.807, 2.05) is 33.8 Å². The maximum Gasteiger partial charge on any atom is 0.496 e. The molecule has 2 fully saturated rings. The fraction of sp³-hybridized carbons (Fsp3) is 0.588. The standard InChI is InChI=1S/C17H23BClNO4/c1-16(2)17(3,4)24-18(23-16)13-7-6-11(8-14(13)19)15(21)20-9-12(10-20)22-5/h6-8,12H,9-10H2,1-5H3. The van der Waals surface area contributed by atoms with Gasteiger partial charge in [-0.1, -0.05) is 17.7 Å². The van der Waals surface area contributed by atoms with Crippen molar-refractivity contribution in [2.24, 2.45) is 0 Å². The lowest BCUT2D eigenvalue weighted by Crippen LogP contribution is -2.54. The molecule has 2 aliphatic rings. The van der Waals surface area contributed by atoms with Crippen LogP contribution in [0.15, 0.2) is 18.2 Å². The van der Waals surface area contributed by atoms with Crippen molar-refractivity contribution in [1.82, 2.24) is 4.90 Å². The average Bonchev–Trinajstić information content (AvgIpc) is 2.65. The number of amides is 1. The third kappa shape index (κ3) is 2.97. The van der Waals surface area contributed by atoms with E-state index < -0.39 is 18.3 Å². The number of rotatable bonds is 3. The second-order valence-corrected chi connectivity index (χ2v) is 7.80. The van der Waals surface area contributed by atoms with Gasteiger partial charge in [0.05, 0.1) is 17.3 Å². The van der Waals surface area contributed by atoms with E-state index in [2.05, 4.69) is 0 Å². The van der Waals surface area contributed by atoms with Crippen LogP contribution in [0.1, 0.15) is 38.1 Å². The van der Waals surface area contributed by atoms with Crippen LogP contribution in [0.5, 0.6) is 0 Å². The van der Waals surface area contributed by atoms with Gasteiger partial charge in [0.1, 0.15) is 0 Å². The summed E-state index contributed by atoms with van der Waals surface area (Å²) in [6, 6.07) is 5.27. The molecule has 0 aliphatic carbocycles. The quantitative estimate of drug-likeness (QED) is 0.783. The van der Waals surface area contributed by atoms with Crippen molar-refractivity contribution in [2.75, 3.05) is 20.2 Å². The molecule has 1 amide bonds. The van der Waals surface area contributed by atoms with Crippen molar-refractivity contribution >= 4 is 30.1 Å². The van der Waals surface area contributed by atoms with Crippen LogP contribution in [0.25, 0.3) is 0 Å². The lowest BCUT2D eigenvalue weighted by atomic mass is 9.78. The van der Waals surface area contributed by atoms with Gasteiger partial charge in [-0.05, 0) is 39.8 Å². The molecule has 2 aliphatic heterocycles. The topological polar surface area (TPSA) is 48.0 Å². The van der Waals surface area contributed by atoms with E-state index in [4.69, 9.17) is 25.6 Å². The van der Waals surface area contributed by atoms with E-state index in [1.165, 1.54) is 0 Å². The van der Waals surface area contributed by atoms with E-state index >= 15 is 0 Å². The van der Waals surface area contributed by atoms with Crippen molar-refractivity contribution < 1.29 is 18.8 Å².